The van der Waals surface area contributed by atoms with Crippen molar-refractivity contribution in [1.29, 1.82) is 0 Å². The summed E-state index contributed by atoms with van der Waals surface area (Å²) in [5.41, 5.74) is 6.17. The van der Waals surface area contributed by atoms with E-state index in [1.165, 1.54) is 0 Å². The van der Waals surface area contributed by atoms with Crippen LogP contribution in [-0.2, 0) is 0 Å². The van der Waals surface area contributed by atoms with Crippen LogP contribution in [0.3, 0.4) is 0 Å². The summed E-state index contributed by atoms with van der Waals surface area (Å²) >= 11 is 0. The third kappa shape index (κ3) is 3.50. The molecular formula is C13H23ClN2O2. The highest BCUT2D eigenvalue weighted by Crippen LogP contribution is 2.18. The molecule has 0 aliphatic heterocycles. The van der Waals surface area contributed by atoms with Crippen molar-refractivity contribution in [3.8, 4) is 0 Å². The maximum Gasteiger partial charge on any atom is 0.287 e. The summed E-state index contributed by atoms with van der Waals surface area (Å²) in [4.78, 5) is 12.1. The van der Waals surface area contributed by atoms with Crippen molar-refractivity contribution in [3.05, 3.63) is 23.2 Å². The van der Waals surface area contributed by atoms with Crippen LogP contribution in [0.4, 0.5) is 0 Å². The summed E-state index contributed by atoms with van der Waals surface area (Å²) in [6.07, 6.45) is 0. The third-order valence-electron chi connectivity index (χ3n) is 3.34. The molecule has 104 valence electrons. The highest BCUT2D eigenvalue weighted by molar-refractivity contribution is 5.93. The second-order valence-corrected chi connectivity index (χ2v) is 5.10. The Kier molecular flexibility index (Phi) is 5.90. The Bertz CT molecular complexity index is 415. The fourth-order valence-electron chi connectivity index (χ4n) is 1.61. The van der Waals surface area contributed by atoms with Gasteiger partial charge in [0.2, 0.25) is 0 Å². The Morgan fingerprint density at radius 2 is 2.06 bits per heavy atom. The van der Waals surface area contributed by atoms with Gasteiger partial charge in [0.1, 0.15) is 5.76 Å². The maximum atomic E-state index is 12.1. The summed E-state index contributed by atoms with van der Waals surface area (Å²) in [5, 5.41) is 2.96. The minimum Gasteiger partial charge on any atom is -0.456 e. The van der Waals surface area contributed by atoms with E-state index in [1.807, 2.05) is 40.7 Å². The third-order valence-corrected chi connectivity index (χ3v) is 3.34. The van der Waals surface area contributed by atoms with Crippen LogP contribution < -0.4 is 11.1 Å². The lowest BCUT2D eigenvalue weighted by molar-refractivity contribution is 0.0852. The first-order chi connectivity index (χ1) is 7.80. The number of nitrogens with two attached hydrogens (primary N) is 1. The van der Waals surface area contributed by atoms with Crippen LogP contribution in [0.25, 0.3) is 0 Å². The van der Waals surface area contributed by atoms with Gasteiger partial charge in [0.15, 0.2) is 5.76 Å². The number of furan rings is 1. The van der Waals surface area contributed by atoms with Crippen LogP contribution >= 0.6 is 12.4 Å². The van der Waals surface area contributed by atoms with Gasteiger partial charge in [0.05, 0.1) is 5.54 Å². The van der Waals surface area contributed by atoms with E-state index < -0.39 is 5.54 Å². The van der Waals surface area contributed by atoms with Gasteiger partial charge >= 0.3 is 0 Å². The van der Waals surface area contributed by atoms with E-state index in [0.29, 0.717) is 12.3 Å². The SMILES string of the molecule is Cc1cc(C)c(C(=O)NC(C)(CN)C(C)C)o1.Cl. The summed E-state index contributed by atoms with van der Waals surface area (Å²) in [5.74, 6) is 1.18. The second-order valence-electron chi connectivity index (χ2n) is 5.10. The van der Waals surface area contributed by atoms with Gasteiger partial charge in [0, 0.05) is 12.1 Å². The first-order valence-electron chi connectivity index (χ1n) is 5.89. The zero-order chi connectivity index (χ0) is 13.2. The zero-order valence-corrected chi connectivity index (χ0v) is 12.5. The number of hydrogen-bond acceptors (Lipinski definition) is 3. The maximum absolute atomic E-state index is 12.1. The monoisotopic (exact) mass is 274 g/mol. The van der Waals surface area contributed by atoms with Crippen molar-refractivity contribution < 1.29 is 9.21 Å². The Balaban J connectivity index is 0.00000289. The van der Waals surface area contributed by atoms with E-state index >= 15 is 0 Å². The van der Waals surface area contributed by atoms with Gasteiger partial charge in [-0.05, 0) is 32.8 Å². The minimum absolute atomic E-state index is 0. The molecule has 1 amide bonds. The van der Waals surface area contributed by atoms with Crippen LogP contribution in [0.5, 0.6) is 0 Å². The average molecular weight is 275 g/mol. The van der Waals surface area contributed by atoms with Crippen molar-refractivity contribution in [2.75, 3.05) is 6.54 Å². The van der Waals surface area contributed by atoms with Gasteiger partial charge in [-0.3, -0.25) is 4.79 Å². The first-order valence-corrected chi connectivity index (χ1v) is 5.89. The molecule has 1 aromatic heterocycles. The summed E-state index contributed by atoms with van der Waals surface area (Å²) < 4.78 is 5.39. The molecule has 0 radical (unpaired) electrons. The van der Waals surface area contributed by atoms with Crippen LogP contribution in [0, 0.1) is 19.8 Å². The molecule has 1 rings (SSSR count). The molecule has 1 atom stereocenters. The van der Waals surface area contributed by atoms with Gasteiger partial charge in [-0.1, -0.05) is 13.8 Å². The predicted octanol–water partition coefficient (Wildman–Crippen LogP) is 2.42. The topological polar surface area (TPSA) is 68.3 Å². The molecule has 0 fully saturated rings. The Labute approximate surface area is 115 Å². The van der Waals surface area contributed by atoms with E-state index in [9.17, 15) is 4.79 Å². The molecule has 18 heavy (non-hydrogen) atoms. The molecule has 0 saturated heterocycles. The van der Waals surface area contributed by atoms with E-state index in [-0.39, 0.29) is 24.2 Å². The normalized spacial score (nSPS) is 13.9. The summed E-state index contributed by atoms with van der Waals surface area (Å²) in [6, 6.07) is 1.85. The molecule has 4 nitrogen and oxygen atoms in total. The van der Waals surface area contributed by atoms with Crippen molar-refractivity contribution in [2.45, 2.75) is 40.2 Å². The molecule has 0 saturated carbocycles. The fraction of sp³-hybridized carbons (Fsp3) is 0.615. The van der Waals surface area contributed by atoms with E-state index in [1.54, 1.807) is 0 Å². The van der Waals surface area contributed by atoms with E-state index in [2.05, 4.69) is 5.32 Å². The molecule has 1 heterocycles. The van der Waals surface area contributed by atoms with Crippen LogP contribution in [-0.4, -0.2) is 18.0 Å². The number of carbonyl (C=O) groups excluding carboxylic acids is 1. The lowest BCUT2D eigenvalue weighted by Crippen LogP contribution is -2.55. The summed E-state index contributed by atoms with van der Waals surface area (Å²) in [7, 11) is 0. The molecule has 0 spiro atoms. The molecule has 5 heteroatoms. The van der Waals surface area contributed by atoms with E-state index in [0.717, 1.165) is 11.3 Å². The second kappa shape index (κ2) is 6.25. The Morgan fingerprint density at radius 3 is 2.39 bits per heavy atom. The van der Waals surface area contributed by atoms with Gasteiger partial charge in [0.25, 0.3) is 5.91 Å². The van der Waals surface area contributed by atoms with Gasteiger partial charge < -0.3 is 15.5 Å². The number of halogens is 1. The lowest BCUT2D eigenvalue weighted by atomic mass is 9.88. The minimum atomic E-state index is -0.412. The highest BCUT2D eigenvalue weighted by atomic mass is 35.5. The first kappa shape index (κ1) is 17.0. The Morgan fingerprint density at radius 1 is 1.50 bits per heavy atom. The van der Waals surface area contributed by atoms with E-state index in [4.69, 9.17) is 10.2 Å². The number of carbonyl (C=O) groups is 1. The van der Waals surface area contributed by atoms with Gasteiger partial charge in [-0.2, -0.15) is 0 Å². The number of amides is 1. The Hall–Kier alpha value is -1.00. The largest absolute Gasteiger partial charge is 0.456 e. The molecule has 0 bridgehead atoms. The highest BCUT2D eigenvalue weighted by Gasteiger charge is 2.30. The average Bonchev–Trinajstić information content (AvgIpc) is 2.57. The molecule has 3 N–H and O–H groups in total. The van der Waals surface area contributed by atoms with Crippen molar-refractivity contribution >= 4 is 18.3 Å². The smallest absolute Gasteiger partial charge is 0.287 e. The predicted molar refractivity (Wildman–Crippen MR) is 75.2 cm³/mol. The number of nitrogens with one attached hydrogen (secondary N) is 1. The molecule has 0 aliphatic carbocycles. The number of hydrogen-bond donors (Lipinski definition) is 2. The molecule has 0 aliphatic rings. The summed E-state index contributed by atoms with van der Waals surface area (Å²) in [6.45, 7) is 10.1. The molecule has 1 unspecified atom stereocenters. The van der Waals surface area contributed by atoms with Crippen LogP contribution in [0.15, 0.2) is 10.5 Å². The zero-order valence-electron chi connectivity index (χ0n) is 11.7. The molecule has 0 aromatic carbocycles. The quantitative estimate of drug-likeness (QED) is 0.886. The molecule has 1 aromatic rings. The lowest BCUT2D eigenvalue weighted by Gasteiger charge is -2.33. The fourth-order valence-corrected chi connectivity index (χ4v) is 1.61. The van der Waals surface area contributed by atoms with Gasteiger partial charge in [-0.25, -0.2) is 0 Å². The van der Waals surface area contributed by atoms with Crippen molar-refractivity contribution in [2.24, 2.45) is 11.7 Å². The molecular weight excluding hydrogens is 252 g/mol. The standard InChI is InChI=1S/C13H22N2O2.ClH/c1-8(2)13(5,7-14)15-12(16)11-9(3)6-10(4)17-11;/h6,8H,7,14H2,1-5H3,(H,15,16);1H. The number of rotatable bonds is 4. The number of aryl methyl sites for hydroxylation is 2. The van der Waals surface area contributed by atoms with Crippen LogP contribution in [0.2, 0.25) is 0 Å². The van der Waals surface area contributed by atoms with Crippen LogP contribution in [0.1, 0.15) is 42.6 Å². The van der Waals surface area contributed by atoms with Gasteiger partial charge in [-0.15, -0.1) is 12.4 Å². The van der Waals surface area contributed by atoms with Crippen molar-refractivity contribution in [1.82, 2.24) is 5.32 Å². The van der Waals surface area contributed by atoms with Crippen molar-refractivity contribution in [3.63, 3.8) is 0 Å².